The number of hydrogen-bond donors (Lipinski definition) is 1. The minimum atomic E-state index is -3.73. The Morgan fingerprint density at radius 3 is 2.15 bits per heavy atom. The van der Waals surface area contributed by atoms with Crippen molar-refractivity contribution in [3.05, 3.63) is 71.8 Å². The minimum absolute atomic E-state index is 0.0984. The van der Waals surface area contributed by atoms with Crippen molar-refractivity contribution in [3.8, 4) is 22.6 Å². The number of carbonyl (C=O) groups is 3. The zero-order chi connectivity index (χ0) is 39.6. The maximum Gasteiger partial charge on any atom is 0.326 e. The highest BCUT2D eigenvalue weighted by atomic mass is 19.3. The first-order valence-corrected chi connectivity index (χ1v) is 18.1. The van der Waals surface area contributed by atoms with Gasteiger partial charge in [-0.3, -0.25) is 14.5 Å². The number of halogens is 4. The number of amides is 2. The van der Waals surface area contributed by atoms with Crippen molar-refractivity contribution >= 4 is 28.6 Å². The van der Waals surface area contributed by atoms with Gasteiger partial charge in [0.1, 0.15) is 23.0 Å². The second kappa shape index (κ2) is 16.0. The fourth-order valence-corrected chi connectivity index (χ4v) is 7.98. The van der Waals surface area contributed by atoms with Crippen LogP contribution in [0.4, 0.5) is 17.6 Å². The Labute approximate surface area is 313 Å². The summed E-state index contributed by atoms with van der Waals surface area (Å²) in [6, 6.07) is 13.1. The second-order valence-corrected chi connectivity index (χ2v) is 14.7. The van der Waals surface area contributed by atoms with Crippen LogP contribution in [0.15, 0.2) is 60.7 Å². The number of carboxylic acid groups (broad SMARTS) is 1. The maximum atomic E-state index is 16.1. The molecule has 0 radical (unpaired) electrons. The number of fused-ring (bicyclic) bond motifs is 1. The van der Waals surface area contributed by atoms with E-state index in [0.717, 1.165) is 48.1 Å². The molecule has 1 N–H and O–H groups in total. The largest absolute Gasteiger partial charge is 0.496 e. The Morgan fingerprint density at radius 2 is 1.59 bits per heavy atom. The summed E-state index contributed by atoms with van der Waals surface area (Å²) >= 11 is 0. The number of alkyl halides is 4. The van der Waals surface area contributed by atoms with E-state index in [4.69, 9.17) is 9.47 Å². The summed E-state index contributed by atoms with van der Waals surface area (Å²) in [6.07, 6.45) is 1.21. The van der Waals surface area contributed by atoms with Gasteiger partial charge in [0, 0.05) is 39.9 Å². The first-order valence-electron chi connectivity index (χ1n) is 18.1. The molecule has 0 spiro atoms. The molecule has 0 aliphatic carbocycles. The molecule has 0 bridgehead atoms. The van der Waals surface area contributed by atoms with Crippen LogP contribution >= 0.6 is 0 Å². The summed E-state index contributed by atoms with van der Waals surface area (Å²) in [6.45, 7) is 5.33. The van der Waals surface area contributed by atoms with E-state index in [1.165, 1.54) is 11.9 Å². The zero-order valence-corrected chi connectivity index (χ0v) is 31.5. The van der Waals surface area contributed by atoms with Crippen LogP contribution in [0.2, 0.25) is 0 Å². The van der Waals surface area contributed by atoms with Crippen molar-refractivity contribution in [2.45, 2.75) is 76.8 Å². The van der Waals surface area contributed by atoms with E-state index in [1.54, 1.807) is 32.4 Å². The van der Waals surface area contributed by atoms with Gasteiger partial charge in [0.15, 0.2) is 0 Å². The van der Waals surface area contributed by atoms with E-state index < -0.39 is 60.1 Å². The number of carboxylic acids is 1. The fourth-order valence-electron chi connectivity index (χ4n) is 7.98. The van der Waals surface area contributed by atoms with Gasteiger partial charge in [-0.15, -0.1) is 0 Å². The topological polar surface area (TPSA) is 99.6 Å². The van der Waals surface area contributed by atoms with Crippen LogP contribution < -0.4 is 9.47 Å². The standard InChI is InChI=1S/C41H49F4N3O6/c1-26(2)41(44,45)40(16-19-47(20-17-40)25-39(3,42)43)38(52)46(4)32(37(50)51)23-28-11-9-13-30-29(28)12-10-14-31(30)36-33(53-5)21-27(22-34(36)54-6)24-48-18-8-7-15-35(48)49/h9-14,21-22,32H,1,7-8,15-20,23-25H2,2-6H3,(H,50,51)/t32-/m0/s1. The molecule has 292 valence electrons. The Hall–Kier alpha value is -4.65. The Morgan fingerprint density at radius 1 is 0.981 bits per heavy atom. The van der Waals surface area contributed by atoms with Crippen LogP contribution in [-0.2, 0) is 27.3 Å². The number of ether oxygens (including phenoxy) is 2. The van der Waals surface area contributed by atoms with Crippen molar-refractivity contribution in [2.75, 3.05) is 47.4 Å². The fraction of sp³-hybridized carbons (Fsp3) is 0.488. The lowest BCUT2D eigenvalue weighted by molar-refractivity contribution is -0.178. The number of rotatable bonds is 14. The SMILES string of the molecule is C=C(C)C(F)(F)C1(C(=O)N(C)[C@@H](Cc2cccc3c(-c4c(OC)cc(CN5CCCCC5=O)cc4OC)cccc23)C(=O)O)CCN(CC(C)(F)F)CC1. The maximum absolute atomic E-state index is 16.1. The predicted molar refractivity (Wildman–Crippen MR) is 198 cm³/mol. The minimum Gasteiger partial charge on any atom is -0.496 e. The summed E-state index contributed by atoms with van der Waals surface area (Å²) in [5, 5.41) is 11.9. The van der Waals surface area contributed by atoms with Crippen LogP contribution in [-0.4, -0.2) is 103 Å². The molecule has 0 aromatic heterocycles. The smallest absolute Gasteiger partial charge is 0.326 e. The number of methoxy groups -OCH3 is 2. The summed E-state index contributed by atoms with van der Waals surface area (Å²) < 4.78 is 71.4. The van der Waals surface area contributed by atoms with E-state index in [-0.39, 0.29) is 25.4 Å². The Kier molecular flexibility index (Phi) is 12.0. The Balaban J connectivity index is 1.50. The lowest BCUT2D eigenvalue weighted by Crippen LogP contribution is -2.61. The van der Waals surface area contributed by atoms with Crippen molar-refractivity contribution in [3.63, 3.8) is 0 Å². The average molecular weight is 756 g/mol. The lowest BCUT2D eigenvalue weighted by atomic mass is 9.69. The molecule has 2 amide bonds. The molecule has 0 saturated carbocycles. The highest BCUT2D eigenvalue weighted by molar-refractivity contribution is 6.01. The molecule has 13 heteroatoms. The van der Waals surface area contributed by atoms with Gasteiger partial charge in [-0.25, -0.2) is 22.4 Å². The molecule has 1 atom stereocenters. The summed E-state index contributed by atoms with van der Waals surface area (Å²) in [5.41, 5.74) is -0.164. The molecule has 0 unspecified atom stereocenters. The molecule has 2 aliphatic heterocycles. The van der Waals surface area contributed by atoms with Gasteiger partial charge in [0.05, 0.1) is 26.3 Å². The molecular weight excluding hydrogens is 706 g/mol. The first kappa shape index (κ1) is 40.5. The molecule has 5 rings (SSSR count). The number of nitrogens with zero attached hydrogens (tertiary/aromatic N) is 3. The molecule has 2 saturated heterocycles. The number of likely N-dealkylation sites (N-methyl/N-ethyl adjacent to an activating group) is 1. The van der Waals surface area contributed by atoms with Crippen molar-refractivity contribution < 1.29 is 46.5 Å². The van der Waals surface area contributed by atoms with E-state index in [1.807, 2.05) is 35.2 Å². The zero-order valence-electron chi connectivity index (χ0n) is 31.5. The monoisotopic (exact) mass is 755 g/mol. The summed E-state index contributed by atoms with van der Waals surface area (Å²) in [5.74, 6) is -8.13. The molecule has 2 heterocycles. The lowest BCUT2D eigenvalue weighted by Gasteiger charge is -2.47. The second-order valence-electron chi connectivity index (χ2n) is 14.7. The van der Waals surface area contributed by atoms with E-state index in [9.17, 15) is 28.3 Å². The van der Waals surface area contributed by atoms with Gasteiger partial charge in [-0.2, -0.15) is 0 Å². The number of piperidine rings is 2. The third-order valence-corrected chi connectivity index (χ3v) is 10.9. The van der Waals surface area contributed by atoms with Crippen molar-refractivity contribution in [1.29, 1.82) is 0 Å². The quantitative estimate of drug-likeness (QED) is 0.135. The van der Waals surface area contributed by atoms with Crippen LogP contribution in [0, 0.1) is 5.41 Å². The number of allylic oxidation sites excluding steroid dienone is 1. The van der Waals surface area contributed by atoms with Gasteiger partial charge >= 0.3 is 5.97 Å². The summed E-state index contributed by atoms with van der Waals surface area (Å²) in [7, 11) is 4.29. The molecule has 9 nitrogen and oxygen atoms in total. The molecule has 54 heavy (non-hydrogen) atoms. The number of carbonyl (C=O) groups excluding carboxylic acids is 2. The molecular formula is C41H49F4N3O6. The number of hydrogen-bond acceptors (Lipinski definition) is 6. The van der Waals surface area contributed by atoms with Crippen molar-refractivity contribution in [1.82, 2.24) is 14.7 Å². The van der Waals surface area contributed by atoms with E-state index in [2.05, 4.69) is 6.58 Å². The van der Waals surface area contributed by atoms with Crippen LogP contribution in [0.25, 0.3) is 21.9 Å². The molecule has 2 fully saturated rings. The van der Waals surface area contributed by atoms with Gasteiger partial charge < -0.3 is 24.4 Å². The third kappa shape index (κ3) is 8.06. The highest BCUT2D eigenvalue weighted by Crippen LogP contribution is 2.50. The third-order valence-electron chi connectivity index (χ3n) is 10.9. The van der Waals surface area contributed by atoms with Gasteiger partial charge in [0.25, 0.3) is 11.8 Å². The highest BCUT2D eigenvalue weighted by Gasteiger charge is 2.61. The average Bonchev–Trinajstić information content (AvgIpc) is 3.13. The van der Waals surface area contributed by atoms with E-state index in [0.29, 0.717) is 47.5 Å². The van der Waals surface area contributed by atoms with Crippen LogP contribution in [0.3, 0.4) is 0 Å². The van der Waals surface area contributed by atoms with Crippen molar-refractivity contribution in [2.24, 2.45) is 5.41 Å². The Bertz CT molecular complexity index is 1880. The van der Waals surface area contributed by atoms with Gasteiger partial charge in [-0.05, 0) is 90.9 Å². The summed E-state index contributed by atoms with van der Waals surface area (Å²) in [4.78, 5) is 43.7. The number of aliphatic carboxylic acids is 1. The van der Waals surface area contributed by atoms with Gasteiger partial charge in [0.2, 0.25) is 11.8 Å². The number of benzene rings is 3. The van der Waals surface area contributed by atoms with Crippen LogP contribution in [0.1, 0.15) is 57.1 Å². The molecule has 2 aliphatic rings. The molecule has 3 aromatic carbocycles. The van der Waals surface area contributed by atoms with Crippen LogP contribution in [0.5, 0.6) is 11.5 Å². The molecule has 3 aromatic rings. The predicted octanol–water partition coefficient (Wildman–Crippen LogP) is 7.44. The van der Waals surface area contributed by atoms with Gasteiger partial charge in [-0.1, -0.05) is 43.0 Å². The van der Waals surface area contributed by atoms with E-state index >= 15 is 8.78 Å². The normalized spacial score (nSPS) is 17.3. The number of likely N-dealkylation sites (tertiary alicyclic amines) is 2. The first-order chi connectivity index (χ1) is 25.4.